The molecule has 134 valence electrons. The van der Waals surface area contributed by atoms with E-state index in [-0.39, 0.29) is 11.2 Å². The third-order valence-corrected chi connectivity index (χ3v) is 6.68. The Hall–Kier alpha value is -0.970. The molecule has 1 aliphatic heterocycles. The van der Waals surface area contributed by atoms with E-state index in [1.54, 1.807) is 36.0 Å². The molecule has 0 spiro atoms. The summed E-state index contributed by atoms with van der Waals surface area (Å²) in [6.07, 6.45) is 5.41. The summed E-state index contributed by atoms with van der Waals surface area (Å²) >= 11 is 13.8. The number of allylic oxidation sites excluding steroid dienone is 1. The summed E-state index contributed by atoms with van der Waals surface area (Å²) in [5, 5.41) is 9.37. The number of thioether (sulfide) groups is 1. The smallest absolute Gasteiger partial charge is 0.190 e. The summed E-state index contributed by atoms with van der Waals surface area (Å²) in [6.45, 7) is 7.28. The fraction of sp³-hybridized carbons (Fsp3) is 0.474. The van der Waals surface area contributed by atoms with Crippen molar-refractivity contribution in [3.05, 3.63) is 44.9 Å². The minimum Gasteiger partial charge on any atom is -0.289 e. The maximum Gasteiger partial charge on any atom is 0.190 e. The maximum atomic E-state index is 12.7. The first-order valence-electron chi connectivity index (χ1n) is 8.50. The van der Waals surface area contributed by atoms with Crippen molar-refractivity contribution in [3.63, 3.8) is 0 Å². The van der Waals surface area contributed by atoms with Crippen LogP contribution >= 0.6 is 35.0 Å². The van der Waals surface area contributed by atoms with E-state index >= 15 is 0 Å². The lowest BCUT2D eigenvalue weighted by atomic mass is 9.85. The van der Waals surface area contributed by atoms with Crippen LogP contribution in [-0.4, -0.2) is 22.4 Å². The Morgan fingerprint density at radius 2 is 2.08 bits per heavy atom. The van der Waals surface area contributed by atoms with Gasteiger partial charge < -0.3 is 0 Å². The van der Waals surface area contributed by atoms with E-state index in [1.807, 2.05) is 5.01 Å². The van der Waals surface area contributed by atoms with E-state index in [0.717, 1.165) is 16.6 Å². The van der Waals surface area contributed by atoms with Crippen LogP contribution in [0.3, 0.4) is 0 Å². The summed E-state index contributed by atoms with van der Waals surface area (Å²) < 4.78 is 0. The van der Waals surface area contributed by atoms with Crippen molar-refractivity contribution >= 4 is 45.8 Å². The van der Waals surface area contributed by atoms with Crippen LogP contribution in [-0.2, 0) is 0 Å². The minimum atomic E-state index is -0.140. The molecule has 0 radical (unpaired) electrons. The standard InChI is InChI=1S/C19H22Cl2N2OS/c1-19(2,3)18-22-23(11-12-6-4-7-12)16(25-18)10-15(24)13-8-5-9-14(20)17(13)21/h5,8-10,12H,4,6-7,11H2,1-3H3/b16-10-. The molecule has 25 heavy (non-hydrogen) atoms. The molecule has 0 aromatic heterocycles. The molecule has 0 saturated heterocycles. The highest BCUT2D eigenvalue weighted by atomic mass is 35.5. The van der Waals surface area contributed by atoms with Gasteiger partial charge in [0.05, 0.1) is 10.0 Å². The van der Waals surface area contributed by atoms with Gasteiger partial charge in [0.2, 0.25) is 0 Å². The Bertz CT molecular complexity index is 748. The number of nitrogens with zero attached hydrogens (tertiary/aromatic N) is 2. The van der Waals surface area contributed by atoms with E-state index in [2.05, 4.69) is 20.8 Å². The number of hydrogen-bond acceptors (Lipinski definition) is 4. The number of hydrogen-bond donors (Lipinski definition) is 0. The molecule has 1 heterocycles. The Kier molecular flexibility index (Phi) is 5.52. The molecule has 1 aromatic rings. The third kappa shape index (κ3) is 4.24. The zero-order chi connectivity index (χ0) is 18.2. The van der Waals surface area contributed by atoms with Crippen LogP contribution in [0.15, 0.2) is 34.4 Å². The highest BCUT2D eigenvalue weighted by Gasteiger charge is 2.32. The molecule has 0 amide bonds. The second-order valence-corrected chi connectivity index (χ2v) is 9.38. The van der Waals surface area contributed by atoms with Crippen LogP contribution in [0.25, 0.3) is 0 Å². The molecule has 0 N–H and O–H groups in total. The van der Waals surface area contributed by atoms with Crippen LogP contribution in [0.4, 0.5) is 0 Å². The SMILES string of the molecule is CC(C)(C)C1=NN(CC2CCC2)/C(=C/C(=O)c2cccc(Cl)c2Cl)S1. The predicted octanol–water partition coefficient (Wildman–Crippen LogP) is 6.23. The normalized spacial score (nSPS) is 20.0. The second-order valence-electron chi connectivity index (χ2n) is 7.58. The van der Waals surface area contributed by atoms with Crippen molar-refractivity contribution in [1.82, 2.24) is 5.01 Å². The van der Waals surface area contributed by atoms with Gasteiger partial charge in [-0.3, -0.25) is 9.80 Å². The third-order valence-electron chi connectivity index (χ3n) is 4.44. The number of hydrazone groups is 1. The molecular weight excluding hydrogens is 375 g/mol. The zero-order valence-electron chi connectivity index (χ0n) is 14.7. The van der Waals surface area contributed by atoms with E-state index in [4.69, 9.17) is 28.3 Å². The van der Waals surface area contributed by atoms with Gasteiger partial charge in [0.15, 0.2) is 5.78 Å². The highest BCUT2D eigenvalue weighted by Crippen LogP contribution is 2.40. The molecule has 3 nitrogen and oxygen atoms in total. The predicted molar refractivity (Wildman–Crippen MR) is 107 cm³/mol. The first-order chi connectivity index (χ1) is 11.8. The van der Waals surface area contributed by atoms with Crippen molar-refractivity contribution in [3.8, 4) is 0 Å². The summed E-state index contributed by atoms with van der Waals surface area (Å²) in [6, 6.07) is 5.13. The van der Waals surface area contributed by atoms with E-state index in [9.17, 15) is 4.79 Å². The fourth-order valence-corrected chi connectivity index (χ4v) is 4.10. The molecule has 0 unspecified atom stereocenters. The number of benzene rings is 1. The molecule has 3 rings (SSSR count). The lowest BCUT2D eigenvalue weighted by Crippen LogP contribution is -2.26. The van der Waals surface area contributed by atoms with Gasteiger partial charge in [0.1, 0.15) is 10.1 Å². The topological polar surface area (TPSA) is 32.7 Å². The Morgan fingerprint density at radius 1 is 1.36 bits per heavy atom. The van der Waals surface area contributed by atoms with Gasteiger partial charge in [0, 0.05) is 23.6 Å². The minimum absolute atomic E-state index is 0.0468. The Labute approximate surface area is 163 Å². The van der Waals surface area contributed by atoms with Crippen molar-refractivity contribution in [1.29, 1.82) is 0 Å². The van der Waals surface area contributed by atoms with Crippen molar-refractivity contribution < 1.29 is 4.79 Å². The summed E-state index contributed by atoms with van der Waals surface area (Å²) in [5.41, 5.74) is 0.379. The lowest BCUT2D eigenvalue weighted by Gasteiger charge is -2.29. The summed E-state index contributed by atoms with van der Waals surface area (Å²) in [7, 11) is 0. The molecule has 0 bridgehead atoms. The van der Waals surface area contributed by atoms with Gasteiger partial charge in [-0.1, -0.05) is 68.2 Å². The van der Waals surface area contributed by atoms with Crippen molar-refractivity contribution in [2.75, 3.05) is 6.54 Å². The average Bonchev–Trinajstić information content (AvgIpc) is 2.88. The number of carbonyl (C=O) groups excluding carboxylic acids is 1. The van der Waals surface area contributed by atoms with Crippen LogP contribution in [0.2, 0.25) is 10.0 Å². The molecule has 0 atom stereocenters. The molecule has 1 aromatic carbocycles. The van der Waals surface area contributed by atoms with Gasteiger partial charge in [-0.05, 0) is 30.9 Å². The van der Waals surface area contributed by atoms with Gasteiger partial charge in [0.25, 0.3) is 0 Å². The zero-order valence-corrected chi connectivity index (χ0v) is 17.0. The van der Waals surface area contributed by atoms with Gasteiger partial charge in [-0.15, -0.1) is 0 Å². The van der Waals surface area contributed by atoms with E-state index in [0.29, 0.717) is 21.5 Å². The first kappa shape index (κ1) is 18.8. The fourth-order valence-electron chi connectivity index (χ4n) is 2.67. The molecule has 1 saturated carbocycles. The monoisotopic (exact) mass is 396 g/mol. The van der Waals surface area contributed by atoms with Gasteiger partial charge >= 0.3 is 0 Å². The molecular formula is C19H22Cl2N2OS. The van der Waals surface area contributed by atoms with Crippen LogP contribution in [0.5, 0.6) is 0 Å². The lowest BCUT2D eigenvalue weighted by molar-refractivity contribution is 0.104. The Balaban J connectivity index is 1.86. The highest BCUT2D eigenvalue weighted by molar-refractivity contribution is 8.17. The number of rotatable bonds is 4. The maximum absolute atomic E-state index is 12.7. The second kappa shape index (κ2) is 7.34. The average molecular weight is 397 g/mol. The van der Waals surface area contributed by atoms with Gasteiger partial charge in [-0.2, -0.15) is 5.10 Å². The number of ketones is 1. The van der Waals surface area contributed by atoms with Crippen molar-refractivity contribution in [2.45, 2.75) is 40.0 Å². The van der Waals surface area contributed by atoms with Crippen LogP contribution in [0, 0.1) is 11.3 Å². The van der Waals surface area contributed by atoms with E-state index < -0.39 is 0 Å². The van der Waals surface area contributed by atoms with E-state index in [1.165, 1.54) is 19.3 Å². The number of halogens is 2. The van der Waals surface area contributed by atoms with Crippen LogP contribution in [0.1, 0.15) is 50.4 Å². The Morgan fingerprint density at radius 3 is 2.68 bits per heavy atom. The molecule has 1 aliphatic carbocycles. The largest absolute Gasteiger partial charge is 0.289 e. The molecule has 6 heteroatoms. The first-order valence-corrected chi connectivity index (χ1v) is 10.1. The van der Waals surface area contributed by atoms with Crippen LogP contribution < -0.4 is 0 Å². The quantitative estimate of drug-likeness (QED) is 0.446. The van der Waals surface area contributed by atoms with Crippen molar-refractivity contribution in [2.24, 2.45) is 16.4 Å². The number of carbonyl (C=O) groups is 1. The molecule has 2 aliphatic rings. The van der Waals surface area contributed by atoms with Gasteiger partial charge in [-0.25, -0.2) is 0 Å². The summed E-state index contributed by atoms with van der Waals surface area (Å²) in [4.78, 5) is 12.7. The summed E-state index contributed by atoms with van der Waals surface area (Å²) in [5.74, 6) is 0.524. The molecule has 1 fully saturated rings.